The molecule has 0 bridgehead atoms. The molecule has 1 aromatic carbocycles. The normalized spacial score (nSPS) is 14.4. The van der Waals surface area contributed by atoms with Crippen LogP contribution in [0.15, 0.2) is 23.6 Å². The smallest absolute Gasteiger partial charge is 0.355 e. The summed E-state index contributed by atoms with van der Waals surface area (Å²) in [6.07, 6.45) is 4.43. The number of thiazole rings is 1. The first kappa shape index (κ1) is 19.4. The minimum absolute atomic E-state index is 0.00656. The van der Waals surface area contributed by atoms with Gasteiger partial charge < -0.3 is 20.3 Å². The average Bonchev–Trinajstić information content (AvgIpc) is 3.44. The highest BCUT2D eigenvalue weighted by atomic mass is 32.1. The number of nitrogens with one attached hydrogen (secondary N) is 2. The number of benzene rings is 1. The van der Waals surface area contributed by atoms with Gasteiger partial charge in [0.05, 0.1) is 0 Å². The Balaban J connectivity index is 1.66. The Morgan fingerprint density at radius 1 is 1.34 bits per heavy atom. The number of H-pyrrole nitrogens is 1. The van der Waals surface area contributed by atoms with E-state index in [0.717, 1.165) is 34.9 Å². The van der Waals surface area contributed by atoms with Crippen molar-refractivity contribution in [3.8, 4) is 0 Å². The van der Waals surface area contributed by atoms with Gasteiger partial charge in [0.15, 0.2) is 10.8 Å². The quantitative estimate of drug-likeness (QED) is 0.562. The molecule has 0 spiro atoms. The summed E-state index contributed by atoms with van der Waals surface area (Å²) < 4.78 is 0. The Labute approximate surface area is 172 Å². The largest absolute Gasteiger partial charge is 0.476 e. The first-order valence-corrected chi connectivity index (χ1v) is 10.6. The number of rotatable bonds is 6. The van der Waals surface area contributed by atoms with Crippen molar-refractivity contribution in [2.24, 2.45) is 0 Å². The molecule has 1 aliphatic carbocycles. The number of amides is 1. The van der Waals surface area contributed by atoms with Gasteiger partial charge in [-0.3, -0.25) is 4.79 Å². The van der Waals surface area contributed by atoms with Crippen molar-refractivity contribution >= 4 is 39.2 Å². The summed E-state index contributed by atoms with van der Waals surface area (Å²) in [4.78, 5) is 33.6. The van der Waals surface area contributed by atoms with E-state index < -0.39 is 5.97 Å². The van der Waals surface area contributed by atoms with Crippen LogP contribution in [0.2, 0.25) is 0 Å². The highest BCUT2D eigenvalue weighted by molar-refractivity contribution is 7.13. The molecule has 7 nitrogen and oxygen atoms in total. The van der Waals surface area contributed by atoms with Gasteiger partial charge in [0.2, 0.25) is 0 Å². The number of carbonyl (C=O) groups is 2. The summed E-state index contributed by atoms with van der Waals surface area (Å²) in [6.45, 7) is 2.41. The fraction of sp³-hybridized carbons (Fsp3) is 0.381. The summed E-state index contributed by atoms with van der Waals surface area (Å²) in [6, 6.07) is 6.37. The molecule has 152 valence electrons. The van der Waals surface area contributed by atoms with Crippen LogP contribution in [0.5, 0.6) is 0 Å². The van der Waals surface area contributed by atoms with E-state index in [0.29, 0.717) is 17.4 Å². The van der Waals surface area contributed by atoms with Gasteiger partial charge in [0, 0.05) is 41.5 Å². The molecular formula is C21H24N4O3S. The topological polar surface area (TPSA) is 98.3 Å². The fourth-order valence-corrected chi connectivity index (χ4v) is 4.66. The van der Waals surface area contributed by atoms with Crippen LogP contribution in [0.1, 0.15) is 57.8 Å². The van der Waals surface area contributed by atoms with Crippen LogP contribution in [0.3, 0.4) is 0 Å². The standard InChI is InChI=1S/C21H24N4O3S/c1-12-7-8-16-14(9-12)15(10-22-21-24-17(11-29-21)20(27)28)18(23-16)19(26)25(2)13-5-3-4-6-13/h7-9,11,13,23H,3-6,10H2,1-2H3,(H,22,24)(H,27,28). The van der Waals surface area contributed by atoms with E-state index in [4.69, 9.17) is 5.11 Å². The third-order valence-corrected chi connectivity index (χ3v) is 6.41. The van der Waals surface area contributed by atoms with Crippen molar-refractivity contribution in [3.63, 3.8) is 0 Å². The molecule has 29 heavy (non-hydrogen) atoms. The number of fused-ring (bicyclic) bond motifs is 1. The van der Waals surface area contributed by atoms with Crippen LogP contribution >= 0.6 is 11.3 Å². The summed E-state index contributed by atoms with van der Waals surface area (Å²) in [5.74, 6) is -1.06. The van der Waals surface area contributed by atoms with Crippen LogP contribution in [0.25, 0.3) is 10.9 Å². The first-order chi connectivity index (χ1) is 13.9. The van der Waals surface area contributed by atoms with Gasteiger partial charge in [-0.25, -0.2) is 9.78 Å². The Hall–Kier alpha value is -2.87. The lowest BCUT2D eigenvalue weighted by atomic mass is 10.1. The fourth-order valence-electron chi connectivity index (χ4n) is 3.98. The van der Waals surface area contributed by atoms with E-state index >= 15 is 0 Å². The van der Waals surface area contributed by atoms with Gasteiger partial charge in [-0.2, -0.15) is 0 Å². The molecule has 0 saturated heterocycles. The number of aryl methyl sites for hydroxylation is 1. The minimum atomic E-state index is -1.05. The third-order valence-electron chi connectivity index (χ3n) is 5.61. The van der Waals surface area contributed by atoms with Gasteiger partial charge >= 0.3 is 5.97 Å². The Morgan fingerprint density at radius 2 is 2.10 bits per heavy atom. The maximum atomic E-state index is 13.3. The van der Waals surface area contributed by atoms with Crippen LogP contribution in [0.4, 0.5) is 5.13 Å². The predicted octanol–water partition coefficient (Wildman–Crippen LogP) is 4.26. The lowest BCUT2D eigenvalue weighted by Gasteiger charge is -2.24. The van der Waals surface area contributed by atoms with E-state index in [2.05, 4.69) is 21.4 Å². The molecule has 1 amide bonds. The molecule has 2 aromatic heterocycles. The lowest BCUT2D eigenvalue weighted by Crippen LogP contribution is -2.36. The zero-order chi connectivity index (χ0) is 20.5. The molecule has 3 aromatic rings. The van der Waals surface area contributed by atoms with Gasteiger partial charge in [-0.05, 0) is 31.9 Å². The first-order valence-electron chi connectivity index (χ1n) is 9.75. The molecule has 3 N–H and O–H groups in total. The van der Waals surface area contributed by atoms with Gasteiger partial charge in [0.25, 0.3) is 5.91 Å². The second kappa shape index (κ2) is 7.87. The number of anilines is 1. The van der Waals surface area contributed by atoms with E-state index in [1.165, 1.54) is 29.6 Å². The molecular weight excluding hydrogens is 388 g/mol. The van der Waals surface area contributed by atoms with E-state index in [1.807, 2.05) is 31.0 Å². The van der Waals surface area contributed by atoms with Crippen molar-refractivity contribution in [1.29, 1.82) is 0 Å². The molecule has 8 heteroatoms. The SMILES string of the molecule is Cc1ccc2[nH]c(C(=O)N(C)C3CCCC3)c(CNc3nc(C(=O)O)cs3)c2c1. The molecule has 1 aliphatic rings. The predicted molar refractivity (Wildman–Crippen MR) is 114 cm³/mol. The lowest BCUT2D eigenvalue weighted by molar-refractivity contribution is 0.0689. The van der Waals surface area contributed by atoms with E-state index in [-0.39, 0.29) is 17.6 Å². The Kier molecular flexibility index (Phi) is 5.27. The van der Waals surface area contributed by atoms with Crippen molar-refractivity contribution < 1.29 is 14.7 Å². The number of carboxylic acid groups (broad SMARTS) is 1. The van der Waals surface area contributed by atoms with Crippen molar-refractivity contribution in [1.82, 2.24) is 14.9 Å². The van der Waals surface area contributed by atoms with Gasteiger partial charge in [-0.15, -0.1) is 11.3 Å². The van der Waals surface area contributed by atoms with Crippen LogP contribution < -0.4 is 5.32 Å². The van der Waals surface area contributed by atoms with Gasteiger partial charge in [0.1, 0.15) is 5.69 Å². The molecule has 0 atom stereocenters. The number of nitrogens with zero attached hydrogens (tertiary/aromatic N) is 2. The molecule has 0 aliphatic heterocycles. The third kappa shape index (κ3) is 3.85. The molecule has 0 unspecified atom stereocenters. The van der Waals surface area contributed by atoms with Crippen LogP contribution in [-0.2, 0) is 6.54 Å². The second-order valence-electron chi connectivity index (χ2n) is 7.58. The number of carboxylic acids is 1. The number of hydrogen-bond acceptors (Lipinski definition) is 5. The zero-order valence-corrected chi connectivity index (χ0v) is 17.3. The second-order valence-corrected chi connectivity index (χ2v) is 8.44. The van der Waals surface area contributed by atoms with Crippen LogP contribution in [-0.4, -0.2) is 44.9 Å². The Bertz CT molecular complexity index is 1070. The minimum Gasteiger partial charge on any atom is -0.476 e. The van der Waals surface area contributed by atoms with E-state index in [1.54, 1.807) is 0 Å². The van der Waals surface area contributed by atoms with Gasteiger partial charge in [-0.1, -0.05) is 24.5 Å². The maximum absolute atomic E-state index is 13.3. The summed E-state index contributed by atoms with van der Waals surface area (Å²) >= 11 is 1.24. The number of aromatic nitrogens is 2. The highest BCUT2D eigenvalue weighted by Gasteiger charge is 2.27. The number of carbonyl (C=O) groups excluding carboxylic acids is 1. The molecule has 4 rings (SSSR count). The molecule has 2 heterocycles. The molecule has 1 saturated carbocycles. The number of aromatic carboxylic acids is 1. The van der Waals surface area contributed by atoms with Crippen LogP contribution in [0, 0.1) is 6.92 Å². The number of aromatic amines is 1. The Morgan fingerprint density at radius 3 is 2.79 bits per heavy atom. The zero-order valence-electron chi connectivity index (χ0n) is 16.5. The average molecular weight is 413 g/mol. The molecule has 0 radical (unpaired) electrons. The molecule has 1 fully saturated rings. The summed E-state index contributed by atoms with van der Waals surface area (Å²) in [7, 11) is 1.88. The van der Waals surface area contributed by atoms with E-state index in [9.17, 15) is 9.59 Å². The van der Waals surface area contributed by atoms with Crippen molar-refractivity contribution in [3.05, 3.63) is 46.1 Å². The summed E-state index contributed by atoms with van der Waals surface area (Å²) in [5, 5.41) is 15.3. The number of hydrogen-bond donors (Lipinski definition) is 3. The highest BCUT2D eigenvalue weighted by Crippen LogP contribution is 2.29. The maximum Gasteiger partial charge on any atom is 0.355 e. The summed E-state index contributed by atoms with van der Waals surface area (Å²) in [5.41, 5.74) is 3.52. The van der Waals surface area contributed by atoms with Crippen molar-refractivity contribution in [2.75, 3.05) is 12.4 Å². The monoisotopic (exact) mass is 412 g/mol. The van der Waals surface area contributed by atoms with Crippen molar-refractivity contribution in [2.45, 2.75) is 45.2 Å².